The number of benzene rings is 1. The lowest BCUT2D eigenvalue weighted by Crippen LogP contribution is -2.37. The van der Waals surface area contributed by atoms with E-state index in [0.29, 0.717) is 37.2 Å². The first-order valence-electron chi connectivity index (χ1n) is 9.33. The molecular weight excluding hydrogens is 406 g/mol. The van der Waals surface area contributed by atoms with E-state index in [2.05, 4.69) is 15.4 Å². The van der Waals surface area contributed by atoms with Crippen LogP contribution in [0.3, 0.4) is 0 Å². The Kier molecular flexibility index (Phi) is 10.6. The van der Waals surface area contributed by atoms with Gasteiger partial charge in [-0.25, -0.2) is 13.1 Å². The van der Waals surface area contributed by atoms with Crippen LogP contribution in [-0.4, -0.2) is 53.7 Å². The van der Waals surface area contributed by atoms with Gasteiger partial charge in [0.15, 0.2) is 11.5 Å². The predicted octanol–water partition coefficient (Wildman–Crippen LogP) is 1.30. The molecule has 1 unspecified atom stereocenters. The molecule has 1 aromatic rings. The van der Waals surface area contributed by atoms with Gasteiger partial charge in [0.2, 0.25) is 15.9 Å². The van der Waals surface area contributed by atoms with Crippen LogP contribution >= 0.6 is 12.4 Å². The maximum atomic E-state index is 12.4. The van der Waals surface area contributed by atoms with Gasteiger partial charge in [0.1, 0.15) is 0 Å². The largest absolute Gasteiger partial charge is 0.490 e. The lowest BCUT2D eigenvalue weighted by molar-refractivity contribution is -0.120. The van der Waals surface area contributed by atoms with Crippen molar-refractivity contribution in [1.82, 2.24) is 15.4 Å². The molecule has 1 aromatic carbocycles. The molecule has 1 aliphatic rings. The first-order chi connectivity index (χ1) is 13.0. The molecule has 160 valence electrons. The van der Waals surface area contributed by atoms with Gasteiger partial charge >= 0.3 is 0 Å². The van der Waals surface area contributed by atoms with Crippen LogP contribution in [0, 0.1) is 5.92 Å². The Hall–Kier alpha value is -1.55. The molecule has 0 aliphatic carbocycles. The van der Waals surface area contributed by atoms with Crippen LogP contribution in [0.15, 0.2) is 23.1 Å². The number of amides is 1. The molecule has 3 N–H and O–H groups in total. The summed E-state index contributed by atoms with van der Waals surface area (Å²) in [4.78, 5) is 11.9. The van der Waals surface area contributed by atoms with Crippen LogP contribution in [0.2, 0.25) is 0 Å². The Morgan fingerprint density at radius 2 is 1.93 bits per heavy atom. The highest BCUT2D eigenvalue weighted by atomic mass is 35.5. The normalized spacial score (nSPS) is 16.3. The van der Waals surface area contributed by atoms with Gasteiger partial charge in [0, 0.05) is 12.6 Å². The Labute approximate surface area is 173 Å². The van der Waals surface area contributed by atoms with Gasteiger partial charge in [-0.2, -0.15) is 0 Å². The average molecular weight is 436 g/mol. The summed E-state index contributed by atoms with van der Waals surface area (Å²) in [6.45, 7) is 6.71. The maximum absolute atomic E-state index is 12.4. The fraction of sp³-hybridized carbons (Fsp3) is 0.611. The Balaban J connectivity index is 0.00000392. The van der Waals surface area contributed by atoms with Crippen molar-refractivity contribution in [3.63, 3.8) is 0 Å². The third-order valence-corrected chi connectivity index (χ3v) is 5.68. The molecule has 8 nitrogen and oxygen atoms in total. The number of carbonyl (C=O) groups is 1. The van der Waals surface area contributed by atoms with Crippen LogP contribution in [0.25, 0.3) is 0 Å². The van der Waals surface area contributed by atoms with Crippen LogP contribution in [0.4, 0.5) is 0 Å². The van der Waals surface area contributed by atoms with Crippen molar-refractivity contribution in [2.75, 3.05) is 39.4 Å². The highest BCUT2D eigenvalue weighted by Gasteiger charge is 2.19. The molecule has 1 fully saturated rings. The van der Waals surface area contributed by atoms with E-state index in [-0.39, 0.29) is 29.8 Å². The molecular formula is C18H30ClN3O5S. The first kappa shape index (κ1) is 24.5. The van der Waals surface area contributed by atoms with Crippen molar-refractivity contribution < 1.29 is 22.7 Å². The second-order valence-electron chi connectivity index (χ2n) is 6.30. The van der Waals surface area contributed by atoms with Crippen LogP contribution in [0.1, 0.15) is 26.7 Å². The van der Waals surface area contributed by atoms with Crippen molar-refractivity contribution >= 4 is 28.3 Å². The highest BCUT2D eigenvalue weighted by molar-refractivity contribution is 7.89. The van der Waals surface area contributed by atoms with Crippen molar-refractivity contribution in [2.24, 2.45) is 5.92 Å². The topological polar surface area (TPSA) is 106 Å². The number of halogens is 1. The fourth-order valence-corrected chi connectivity index (χ4v) is 3.88. The van der Waals surface area contributed by atoms with E-state index < -0.39 is 10.0 Å². The molecule has 28 heavy (non-hydrogen) atoms. The van der Waals surface area contributed by atoms with Gasteiger partial charge in [-0.05, 0) is 57.8 Å². The predicted molar refractivity (Wildman–Crippen MR) is 110 cm³/mol. The molecule has 0 aromatic heterocycles. The van der Waals surface area contributed by atoms with E-state index in [0.717, 1.165) is 25.9 Å². The fourth-order valence-electron chi connectivity index (χ4n) is 2.88. The van der Waals surface area contributed by atoms with Crippen molar-refractivity contribution in [3.05, 3.63) is 18.2 Å². The number of hydrogen-bond acceptors (Lipinski definition) is 6. The van der Waals surface area contributed by atoms with E-state index >= 15 is 0 Å². The SMILES string of the molecule is CCOc1ccc(S(=O)(=O)NCC(=O)NCCC2CCNC2)cc1OCC.Cl. The number of carbonyl (C=O) groups excluding carboxylic acids is 1. The molecule has 0 radical (unpaired) electrons. The molecule has 0 spiro atoms. The molecule has 0 saturated carbocycles. The highest BCUT2D eigenvalue weighted by Crippen LogP contribution is 2.30. The van der Waals surface area contributed by atoms with Gasteiger partial charge in [0.25, 0.3) is 0 Å². The average Bonchev–Trinajstić information content (AvgIpc) is 3.15. The summed E-state index contributed by atoms with van der Waals surface area (Å²) in [5, 5.41) is 6.03. The molecule has 10 heteroatoms. The van der Waals surface area contributed by atoms with Gasteiger partial charge in [-0.1, -0.05) is 0 Å². The number of hydrogen-bond donors (Lipinski definition) is 3. The minimum atomic E-state index is -3.82. The molecule has 1 aliphatic heterocycles. The maximum Gasteiger partial charge on any atom is 0.241 e. The Morgan fingerprint density at radius 1 is 1.21 bits per heavy atom. The van der Waals surface area contributed by atoms with Gasteiger partial charge < -0.3 is 20.1 Å². The lowest BCUT2D eigenvalue weighted by atomic mass is 10.1. The summed E-state index contributed by atoms with van der Waals surface area (Å²) in [5.41, 5.74) is 0. The standard InChI is InChI=1S/C18H29N3O5S.ClH/c1-3-25-16-6-5-15(11-17(16)26-4-2)27(23,24)21-13-18(22)20-10-8-14-7-9-19-12-14;/h5-6,11,14,19,21H,3-4,7-10,12-13H2,1-2H3,(H,20,22);1H. The first-order valence-corrected chi connectivity index (χ1v) is 10.8. The van der Waals surface area contributed by atoms with Crippen molar-refractivity contribution in [3.8, 4) is 11.5 Å². The zero-order valence-electron chi connectivity index (χ0n) is 16.3. The minimum Gasteiger partial charge on any atom is -0.490 e. The summed E-state index contributed by atoms with van der Waals surface area (Å²) in [6.07, 6.45) is 2.00. The summed E-state index contributed by atoms with van der Waals surface area (Å²) in [7, 11) is -3.82. The third kappa shape index (κ3) is 7.46. The molecule has 1 atom stereocenters. The molecule has 2 rings (SSSR count). The monoisotopic (exact) mass is 435 g/mol. The number of rotatable bonds is 11. The van der Waals surface area contributed by atoms with Gasteiger partial charge in [0.05, 0.1) is 24.7 Å². The Bertz CT molecular complexity index is 724. The second-order valence-corrected chi connectivity index (χ2v) is 8.06. The Morgan fingerprint density at radius 3 is 2.57 bits per heavy atom. The van der Waals surface area contributed by atoms with Crippen LogP contribution in [-0.2, 0) is 14.8 Å². The van der Waals surface area contributed by atoms with Crippen molar-refractivity contribution in [1.29, 1.82) is 0 Å². The molecule has 1 saturated heterocycles. The van der Waals surface area contributed by atoms with E-state index in [4.69, 9.17) is 9.47 Å². The molecule has 1 amide bonds. The summed E-state index contributed by atoms with van der Waals surface area (Å²) < 4.78 is 38.1. The summed E-state index contributed by atoms with van der Waals surface area (Å²) >= 11 is 0. The number of ether oxygens (including phenoxy) is 2. The quantitative estimate of drug-likeness (QED) is 0.483. The lowest BCUT2D eigenvalue weighted by Gasteiger charge is -2.13. The van der Waals surface area contributed by atoms with Gasteiger partial charge in [-0.15, -0.1) is 12.4 Å². The van der Waals surface area contributed by atoms with E-state index in [9.17, 15) is 13.2 Å². The minimum absolute atomic E-state index is 0. The van der Waals surface area contributed by atoms with E-state index in [1.165, 1.54) is 12.1 Å². The second kappa shape index (κ2) is 12.1. The van der Waals surface area contributed by atoms with E-state index in [1.807, 2.05) is 6.92 Å². The third-order valence-electron chi connectivity index (χ3n) is 4.29. The summed E-state index contributed by atoms with van der Waals surface area (Å²) in [5.74, 6) is 1.07. The van der Waals surface area contributed by atoms with Crippen LogP contribution in [0.5, 0.6) is 11.5 Å². The zero-order valence-corrected chi connectivity index (χ0v) is 18.0. The number of nitrogens with one attached hydrogen (secondary N) is 3. The molecule has 1 heterocycles. The van der Waals surface area contributed by atoms with E-state index in [1.54, 1.807) is 13.0 Å². The number of sulfonamides is 1. The summed E-state index contributed by atoms with van der Waals surface area (Å²) in [6, 6.07) is 4.39. The smallest absolute Gasteiger partial charge is 0.241 e. The van der Waals surface area contributed by atoms with Crippen molar-refractivity contribution in [2.45, 2.75) is 31.6 Å². The zero-order chi connectivity index (χ0) is 19.7. The molecule has 0 bridgehead atoms. The van der Waals surface area contributed by atoms with Crippen LogP contribution < -0.4 is 24.8 Å². The van der Waals surface area contributed by atoms with Gasteiger partial charge in [-0.3, -0.25) is 4.79 Å².